The summed E-state index contributed by atoms with van der Waals surface area (Å²) in [6.45, 7) is 5.51. The second-order valence-electron chi connectivity index (χ2n) is 9.51. The first-order valence-corrected chi connectivity index (χ1v) is 13.6. The zero-order chi connectivity index (χ0) is 25.1. The van der Waals surface area contributed by atoms with Crippen LogP contribution in [0.15, 0.2) is 23.4 Å². The lowest BCUT2D eigenvalue weighted by Gasteiger charge is -2.44. The summed E-state index contributed by atoms with van der Waals surface area (Å²) in [5.41, 5.74) is 0.627. The van der Waals surface area contributed by atoms with Crippen molar-refractivity contribution in [2.75, 3.05) is 18.1 Å². The van der Waals surface area contributed by atoms with Gasteiger partial charge in [0.1, 0.15) is 11.6 Å². The fraction of sp³-hybridized carbons (Fsp3) is 0.571. The third-order valence-electron chi connectivity index (χ3n) is 6.73. The van der Waals surface area contributed by atoms with Crippen LogP contribution >= 0.6 is 11.3 Å². The number of aromatic nitrogens is 4. The molecule has 0 bridgehead atoms. The van der Waals surface area contributed by atoms with E-state index in [1.165, 1.54) is 6.20 Å². The molecule has 5 rings (SSSR count). The van der Waals surface area contributed by atoms with Crippen LogP contribution < -0.4 is 14.9 Å². The van der Waals surface area contributed by atoms with E-state index in [2.05, 4.69) is 25.2 Å². The summed E-state index contributed by atoms with van der Waals surface area (Å²) < 4.78 is 70.9. The number of piperazine rings is 1. The Hall–Kier alpha value is -2.29. The maximum atomic E-state index is 13.6. The first-order valence-electron chi connectivity index (χ1n) is 11.3. The van der Waals surface area contributed by atoms with Gasteiger partial charge in [0.15, 0.2) is 15.8 Å². The van der Waals surface area contributed by atoms with Gasteiger partial charge in [0, 0.05) is 30.4 Å². The van der Waals surface area contributed by atoms with Crippen molar-refractivity contribution in [1.82, 2.24) is 29.6 Å². The smallest absolute Gasteiger partial charge is 0.291 e. The summed E-state index contributed by atoms with van der Waals surface area (Å²) in [5, 5.41) is 10.3. The molecule has 4 heterocycles. The number of nitrogens with one attached hydrogen (secondary N) is 2. The molecule has 9 nitrogen and oxygen atoms in total. The Bertz CT molecular complexity index is 1360. The Labute approximate surface area is 204 Å². The molecule has 1 aliphatic carbocycles. The van der Waals surface area contributed by atoms with Gasteiger partial charge in [-0.15, -0.1) is 10.2 Å². The van der Waals surface area contributed by atoms with Gasteiger partial charge in [0.25, 0.3) is 6.43 Å². The zero-order valence-electron chi connectivity index (χ0n) is 19.4. The number of imidazole rings is 1. The summed E-state index contributed by atoms with van der Waals surface area (Å²) in [4.78, 5) is 6.35. The Kier molecular flexibility index (Phi) is 6.05. The van der Waals surface area contributed by atoms with E-state index < -0.39 is 39.7 Å². The van der Waals surface area contributed by atoms with Crippen molar-refractivity contribution in [2.24, 2.45) is 0 Å². The third-order valence-corrected chi connectivity index (χ3v) is 9.26. The summed E-state index contributed by atoms with van der Waals surface area (Å²) in [5.74, 6) is 0.207. The van der Waals surface area contributed by atoms with Crippen molar-refractivity contribution in [3.05, 3.63) is 23.5 Å². The van der Waals surface area contributed by atoms with Crippen LogP contribution in [0.25, 0.3) is 16.3 Å². The molecule has 14 heteroatoms. The highest BCUT2D eigenvalue weighted by atomic mass is 32.2. The van der Waals surface area contributed by atoms with E-state index in [4.69, 9.17) is 0 Å². The normalized spacial score (nSPS) is 24.4. The van der Waals surface area contributed by atoms with E-state index in [0.29, 0.717) is 29.1 Å². The lowest BCUT2D eigenvalue weighted by molar-refractivity contribution is 0.150. The van der Waals surface area contributed by atoms with Gasteiger partial charge in [-0.25, -0.2) is 31.3 Å². The van der Waals surface area contributed by atoms with Crippen molar-refractivity contribution in [3.8, 4) is 10.8 Å². The van der Waals surface area contributed by atoms with E-state index in [0.717, 1.165) is 12.8 Å². The predicted molar refractivity (Wildman–Crippen MR) is 126 cm³/mol. The topological polar surface area (TPSA) is 105 Å². The Morgan fingerprint density at radius 1 is 1.31 bits per heavy atom. The van der Waals surface area contributed by atoms with Crippen LogP contribution in [0.1, 0.15) is 45.0 Å². The fourth-order valence-electron chi connectivity index (χ4n) is 4.32. The number of anilines is 1. The molecule has 0 aromatic carbocycles. The van der Waals surface area contributed by atoms with Gasteiger partial charge in [0.05, 0.1) is 23.4 Å². The quantitative estimate of drug-likeness (QED) is 0.485. The van der Waals surface area contributed by atoms with E-state index in [1.807, 2.05) is 25.7 Å². The first-order chi connectivity index (χ1) is 16.5. The Morgan fingerprint density at radius 3 is 2.69 bits per heavy atom. The molecular formula is C21H26F3N7O2S2. The maximum Gasteiger partial charge on any atom is 0.291 e. The van der Waals surface area contributed by atoms with Crippen molar-refractivity contribution in [2.45, 2.75) is 68.6 Å². The molecule has 0 amide bonds. The van der Waals surface area contributed by atoms with Crippen molar-refractivity contribution in [3.63, 3.8) is 0 Å². The lowest BCUT2D eigenvalue weighted by Crippen LogP contribution is -2.61. The summed E-state index contributed by atoms with van der Waals surface area (Å²) in [6, 6.07) is 0.999. The van der Waals surface area contributed by atoms with Gasteiger partial charge in [-0.2, -0.15) is 0 Å². The lowest BCUT2D eigenvalue weighted by atomic mass is 10.0. The molecule has 35 heavy (non-hydrogen) atoms. The Morgan fingerprint density at radius 2 is 2.06 bits per heavy atom. The molecule has 1 saturated carbocycles. The SMILES string of the molecule is C[C@@H]1[C@@H](C)N[C@H](CF)CN1c1cc(S(=O)(=O)NC2(C)CC2)cn2c(-c3nnc(C(F)F)s3)ncc12. The highest BCUT2D eigenvalue weighted by Crippen LogP contribution is 2.38. The summed E-state index contributed by atoms with van der Waals surface area (Å²) in [7, 11) is -3.91. The van der Waals surface area contributed by atoms with Crippen LogP contribution in [0.2, 0.25) is 0 Å². The number of hydrogen-bond acceptors (Lipinski definition) is 8. The molecule has 3 atom stereocenters. The van der Waals surface area contributed by atoms with Crippen LogP contribution in [0.3, 0.4) is 0 Å². The first kappa shape index (κ1) is 24.4. The highest BCUT2D eigenvalue weighted by molar-refractivity contribution is 7.89. The molecule has 2 N–H and O–H groups in total. The number of nitrogens with zero attached hydrogens (tertiary/aromatic N) is 5. The van der Waals surface area contributed by atoms with Crippen LogP contribution in [0, 0.1) is 0 Å². The van der Waals surface area contributed by atoms with Gasteiger partial charge >= 0.3 is 0 Å². The van der Waals surface area contributed by atoms with E-state index >= 15 is 0 Å². The molecule has 2 fully saturated rings. The molecule has 3 aromatic heterocycles. The minimum Gasteiger partial charge on any atom is -0.364 e. The van der Waals surface area contributed by atoms with E-state index in [-0.39, 0.29) is 27.8 Å². The molecule has 0 radical (unpaired) electrons. The Balaban J connectivity index is 1.68. The second-order valence-corrected chi connectivity index (χ2v) is 12.2. The monoisotopic (exact) mass is 529 g/mol. The number of pyridine rings is 1. The largest absolute Gasteiger partial charge is 0.364 e. The third kappa shape index (κ3) is 4.52. The summed E-state index contributed by atoms with van der Waals surface area (Å²) >= 11 is 0.699. The minimum absolute atomic E-state index is 0.00107. The molecule has 0 spiro atoms. The van der Waals surface area contributed by atoms with Crippen LogP contribution in [-0.4, -0.2) is 64.9 Å². The van der Waals surface area contributed by atoms with Gasteiger partial charge < -0.3 is 10.2 Å². The van der Waals surface area contributed by atoms with Gasteiger partial charge in [-0.1, -0.05) is 11.3 Å². The van der Waals surface area contributed by atoms with Gasteiger partial charge in [-0.3, -0.25) is 4.40 Å². The molecule has 0 unspecified atom stereocenters. The molecule has 1 saturated heterocycles. The fourth-order valence-corrected chi connectivity index (χ4v) is 6.50. The standard InChI is InChI=1S/C21H26F3N7O2S2/c1-11-12(2)30(9-13(7-22)26-11)15-6-14(35(32,33)29-21(3)4-5-21)10-31-16(15)8-25-18(31)20-28-27-19(34-20)17(23)24/h6,8,10-13,17,26,29H,4-5,7,9H2,1-3H3/t11-,12-,13-/m1/s1. The minimum atomic E-state index is -3.91. The maximum absolute atomic E-state index is 13.6. The molecule has 190 valence electrons. The molecule has 2 aliphatic rings. The highest BCUT2D eigenvalue weighted by Gasteiger charge is 2.42. The van der Waals surface area contributed by atoms with Crippen molar-refractivity contribution in [1.29, 1.82) is 0 Å². The van der Waals surface area contributed by atoms with E-state index in [9.17, 15) is 21.6 Å². The number of fused-ring (bicyclic) bond motifs is 1. The van der Waals surface area contributed by atoms with E-state index in [1.54, 1.807) is 16.7 Å². The average Bonchev–Trinajstić information content (AvgIpc) is 3.19. The predicted octanol–water partition coefficient (Wildman–Crippen LogP) is 3.15. The number of rotatable bonds is 7. The zero-order valence-corrected chi connectivity index (χ0v) is 21.0. The van der Waals surface area contributed by atoms with Gasteiger partial charge in [-0.05, 0) is 39.7 Å². The van der Waals surface area contributed by atoms with Gasteiger partial charge in [0.2, 0.25) is 10.0 Å². The number of halogens is 3. The summed E-state index contributed by atoms with van der Waals surface area (Å²) in [6.07, 6.45) is 1.67. The van der Waals surface area contributed by atoms with Crippen LogP contribution in [0.5, 0.6) is 0 Å². The number of alkyl halides is 3. The molecular weight excluding hydrogens is 503 g/mol. The second kappa shape index (κ2) is 8.68. The van der Waals surface area contributed by atoms with Crippen molar-refractivity contribution >= 4 is 32.6 Å². The number of hydrogen-bond donors (Lipinski definition) is 2. The molecule has 3 aromatic rings. The molecule has 1 aliphatic heterocycles. The van der Waals surface area contributed by atoms with Crippen LogP contribution in [-0.2, 0) is 10.0 Å². The van der Waals surface area contributed by atoms with Crippen LogP contribution in [0.4, 0.5) is 18.9 Å². The average molecular weight is 530 g/mol. The number of sulfonamides is 1. The van der Waals surface area contributed by atoms with Crippen molar-refractivity contribution < 1.29 is 21.6 Å².